The van der Waals surface area contributed by atoms with Crippen molar-refractivity contribution < 1.29 is 9.59 Å². The van der Waals surface area contributed by atoms with Gasteiger partial charge in [0.25, 0.3) is 0 Å². The molecule has 0 unspecified atom stereocenters. The highest BCUT2D eigenvalue weighted by atomic mass is 16.2. The summed E-state index contributed by atoms with van der Waals surface area (Å²) in [4.78, 5) is 34.9. The van der Waals surface area contributed by atoms with Gasteiger partial charge in [-0.25, -0.2) is 9.97 Å². The molecule has 2 amide bonds. The van der Waals surface area contributed by atoms with Crippen LogP contribution in [0.3, 0.4) is 0 Å². The van der Waals surface area contributed by atoms with Crippen molar-refractivity contribution in [3.05, 3.63) is 22.8 Å². The second-order valence-electron chi connectivity index (χ2n) is 6.76. The van der Waals surface area contributed by atoms with Gasteiger partial charge in [0.2, 0.25) is 11.8 Å². The molecule has 1 N–H and O–H groups in total. The van der Waals surface area contributed by atoms with Crippen LogP contribution in [0, 0.1) is 6.92 Å². The summed E-state index contributed by atoms with van der Waals surface area (Å²) in [6, 6.07) is 0. The van der Waals surface area contributed by atoms with E-state index in [9.17, 15) is 9.59 Å². The smallest absolute Gasteiger partial charge is 0.240 e. The van der Waals surface area contributed by atoms with E-state index in [1.165, 1.54) is 18.4 Å². The molecule has 6 nitrogen and oxygen atoms in total. The summed E-state index contributed by atoms with van der Waals surface area (Å²) in [5.74, 6) is 0.622. The molecule has 0 saturated carbocycles. The third-order valence-corrected chi connectivity index (χ3v) is 4.89. The zero-order chi connectivity index (χ0) is 16.9. The number of rotatable bonds is 4. The molecule has 0 aromatic carbocycles. The number of aromatic nitrogens is 2. The Balaban J connectivity index is 1.56. The molecule has 3 rings (SSSR count). The van der Waals surface area contributed by atoms with Crippen molar-refractivity contribution in [2.24, 2.45) is 0 Å². The molecule has 1 fully saturated rings. The molecule has 2 heterocycles. The lowest BCUT2D eigenvalue weighted by Crippen LogP contribution is -2.40. The molecule has 6 heteroatoms. The largest absolute Gasteiger partial charge is 0.347 e. The van der Waals surface area contributed by atoms with Crippen LogP contribution in [-0.4, -0.2) is 39.8 Å². The molecule has 0 spiro atoms. The molecule has 0 atom stereocenters. The van der Waals surface area contributed by atoms with E-state index in [4.69, 9.17) is 0 Å². The first-order chi connectivity index (χ1) is 11.6. The van der Waals surface area contributed by atoms with Crippen molar-refractivity contribution in [2.45, 2.75) is 64.8 Å². The van der Waals surface area contributed by atoms with Crippen molar-refractivity contribution in [3.63, 3.8) is 0 Å². The Kier molecular flexibility index (Phi) is 5.43. The van der Waals surface area contributed by atoms with Gasteiger partial charge in [0.05, 0.1) is 13.1 Å². The number of hydrogen-bond donors (Lipinski definition) is 1. The Morgan fingerprint density at radius 2 is 1.88 bits per heavy atom. The van der Waals surface area contributed by atoms with E-state index in [0.29, 0.717) is 25.3 Å². The molecule has 130 valence electrons. The summed E-state index contributed by atoms with van der Waals surface area (Å²) in [5, 5.41) is 2.86. The Morgan fingerprint density at radius 1 is 1.08 bits per heavy atom. The van der Waals surface area contributed by atoms with Crippen LogP contribution in [0.1, 0.15) is 61.3 Å². The van der Waals surface area contributed by atoms with E-state index in [2.05, 4.69) is 15.3 Å². The quantitative estimate of drug-likeness (QED) is 0.911. The second kappa shape index (κ2) is 7.73. The van der Waals surface area contributed by atoms with Crippen LogP contribution in [0.2, 0.25) is 0 Å². The third kappa shape index (κ3) is 4.10. The van der Waals surface area contributed by atoms with Gasteiger partial charge in [0.15, 0.2) is 0 Å². The van der Waals surface area contributed by atoms with Crippen LogP contribution < -0.4 is 5.32 Å². The zero-order valence-corrected chi connectivity index (χ0v) is 14.4. The van der Waals surface area contributed by atoms with Gasteiger partial charge in [-0.3, -0.25) is 9.59 Å². The summed E-state index contributed by atoms with van der Waals surface area (Å²) in [6.07, 6.45) is 7.97. The Morgan fingerprint density at radius 3 is 2.75 bits per heavy atom. The SMILES string of the molecule is Cc1nc(CNC(=O)CN2CCCCCC2=O)nc2c1CCCC2. The topological polar surface area (TPSA) is 75.2 Å². The van der Waals surface area contributed by atoms with Crippen LogP contribution in [-0.2, 0) is 29.0 Å². The number of hydrogen-bond acceptors (Lipinski definition) is 4. The summed E-state index contributed by atoms with van der Waals surface area (Å²) >= 11 is 0. The highest BCUT2D eigenvalue weighted by Gasteiger charge is 2.20. The van der Waals surface area contributed by atoms with Crippen molar-refractivity contribution in [2.75, 3.05) is 13.1 Å². The standard InChI is InChI=1S/C18H26N4O2/c1-13-14-7-4-5-8-15(14)21-16(20-13)11-19-17(23)12-22-10-6-2-3-9-18(22)24/h2-12H2,1H3,(H,19,23). The molecular formula is C18H26N4O2. The van der Waals surface area contributed by atoms with Crippen molar-refractivity contribution in [1.29, 1.82) is 0 Å². The van der Waals surface area contributed by atoms with Crippen LogP contribution in [0.15, 0.2) is 0 Å². The lowest BCUT2D eigenvalue weighted by molar-refractivity contribution is -0.135. The first-order valence-electron chi connectivity index (χ1n) is 9.03. The van der Waals surface area contributed by atoms with E-state index >= 15 is 0 Å². The van der Waals surface area contributed by atoms with Crippen LogP contribution >= 0.6 is 0 Å². The van der Waals surface area contributed by atoms with Gasteiger partial charge in [-0.15, -0.1) is 0 Å². The predicted molar refractivity (Wildman–Crippen MR) is 90.3 cm³/mol. The van der Waals surface area contributed by atoms with E-state index in [1.54, 1.807) is 4.90 Å². The maximum atomic E-state index is 12.2. The maximum Gasteiger partial charge on any atom is 0.240 e. The summed E-state index contributed by atoms with van der Waals surface area (Å²) in [5.41, 5.74) is 3.46. The number of fused-ring (bicyclic) bond motifs is 1. The fraction of sp³-hybridized carbons (Fsp3) is 0.667. The average Bonchev–Trinajstić information content (AvgIpc) is 2.78. The Hall–Kier alpha value is -1.98. The highest BCUT2D eigenvalue weighted by molar-refractivity contribution is 5.84. The minimum absolute atomic E-state index is 0.0866. The maximum absolute atomic E-state index is 12.2. The molecule has 0 radical (unpaired) electrons. The molecule has 1 aromatic rings. The van der Waals surface area contributed by atoms with E-state index in [0.717, 1.165) is 43.5 Å². The van der Waals surface area contributed by atoms with Crippen molar-refractivity contribution >= 4 is 11.8 Å². The first kappa shape index (κ1) is 16.9. The summed E-state index contributed by atoms with van der Waals surface area (Å²) in [6.45, 7) is 3.17. The van der Waals surface area contributed by atoms with Crippen LogP contribution in [0.4, 0.5) is 0 Å². The molecule has 1 aromatic heterocycles. The molecule has 2 aliphatic rings. The van der Waals surface area contributed by atoms with Crippen molar-refractivity contribution in [3.8, 4) is 0 Å². The van der Waals surface area contributed by atoms with E-state index < -0.39 is 0 Å². The monoisotopic (exact) mass is 330 g/mol. The Bertz CT molecular complexity index is 630. The number of carbonyl (C=O) groups excluding carboxylic acids is 2. The highest BCUT2D eigenvalue weighted by Crippen LogP contribution is 2.21. The summed E-state index contributed by atoms with van der Waals surface area (Å²) < 4.78 is 0. The molecule has 1 aliphatic heterocycles. The number of carbonyl (C=O) groups is 2. The van der Waals surface area contributed by atoms with E-state index in [1.807, 2.05) is 6.92 Å². The lowest BCUT2D eigenvalue weighted by atomic mass is 9.95. The predicted octanol–water partition coefficient (Wildman–Crippen LogP) is 1.68. The van der Waals surface area contributed by atoms with Gasteiger partial charge in [0.1, 0.15) is 5.82 Å². The van der Waals surface area contributed by atoms with Gasteiger partial charge in [-0.1, -0.05) is 6.42 Å². The van der Waals surface area contributed by atoms with Gasteiger partial charge in [-0.2, -0.15) is 0 Å². The van der Waals surface area contributed by atoms with Gasteiger partial charge in [0, 0.05) is 24.4 Å². The molecule has 1 aliphatic carbocycles. The number of nitrogens with zero attached hydrogens (tertiary/aromatic N) is 3. The fourth-order valence-corrected chi connectivity index (χ4v) is 3.54. The number of aryl methyl sites for hydroxylation is 2. The molecule has 1 saturated heterocycles. The number of likely N-dealkylation sites (tertiary alicyclic amines) is 1. The normalized spacial score (nSPS) is 18.0. The fourth-order valence-electron chi connectivity index (χ4n) is 3.54. The molecular weight excluding hydrogens is 304 g/mol. The molecule has 0 bridgehead atoms. The minimum atomic E-state index is -0.135. The number of nitrogens with one attached hydrogen (secondary N) is 1. The second-order valence-corrected chi connectivity index (χ2v) is 6.76. The number of amides is 2. The van der Waals surface area contributed by atoms with Crippen LogP contribution in [0.5, 0.6) is 0 Å². The zero-order valence-electron chi connectivity index (χ0n) is 14.4. The van der Waals surface area contributed by atoms with Gasteiger partial charge < -0.3 is 10.2 Å². The van der Waals surface area contributed by atoms with Crippen molar-refractivity contribution in [1.82, 2.24) is 20.2 Å². The summed E-state index contributed by atoms with van der Waals surface area (Å²) in [7, 11) is 0. The van der Waals surface area contributed by atoms with Gasteiger partial charge >= 0.3 is 0 Å². The molecule has 24 heavy (non-hydrogen) atoms. The van der Waals surface area contributed by atoms with Crippen LogP contribution in [0.25, 0.3) is 0 Å². The Labute approximate surface area is 143 Å². The minimum Gasteiger partial charge on any atom is -0.347 e. The average molecular weight is 330 g/mol. The third-order valence-electron chi connectivity index (χ3n) is 4.89. The van der Waals surface area contributed by atoms with E-state index in [-0.39, 0.29) is 18.4 Å². The lowest BCUT2D eigenvalue weighted by Gasteiger charge is -2.20. The first-order valence-corrected chi connectivity index (χ1v) is 9.03. The van der Waals surface area contributed by atoms with Gasteiger partial charge in [-0.05, 0) is 51.0 Å².